The average Bonchev–Trinajstić information content (AvgIpc) is 2.27. The number of sulfone groups is 1. The first-order valence-corrected chi connectivity index (χ1v) is 8.23. The van der Waals surface area contributed by atoms with Crippen LogP contribution in [-0.2, 0) is 14.6 Å². The summed E-state index contributed by atoms with van der Waals surface area (Å²) in [5.74, 6) is -0.119. The molecule has 1 amide bonds. The highest BCUT2D eigenvalue weighted by atomic mass is 32.2. The summed E-state index contributed by atoms with van der Waals surface area (Å²) in [7, 11) is -3.28. The molecule has 1 heterocycles. The number of hydrogen-bond donors (Lipinski definition) is 2. The number of aliphatic hydroxyl groups excluding tert-OH is 1. The Labute approximate surface area is 109 Å². The minimum Gasteiger partial charge on any atom is -0.396 e. The molecule has 5 nitrogen and oxygen atoms in total. The summed E-state index contributed by atoms with van der Waals surface area (Å²) in [5, 5.41) is 10.8. The SMILES string of the molecule is CC(C)C(CCO)NC(=O)C1CCCCS1(=O)=O. The van der Waals surface area contributed by atoms with Crippen LogP contribution < -0.4 is 5.32 Å². The normalized spacial score (nSPS) is 24.8. The lowest BCUT2D eigenvalue weighted by molar-refractivity contribution is -0.122. The predicted molar refractivity (Wildman–Crippen MR) is 69.9 cm³/mol. The molecule has 1 aliphatic heterocycles. The lowest BCUT2D eigenvalue weighted by atomic mass is 10.0. The van der Waals surface area contributed by atoms with Crippen LogP contribution >= 0.6 is 0 Å². The van der Waals surface area contributed by atoms with Crippen LogP contribution in [0.2, 0.25) is 0 Å². The zero-order chi connectivity index (χ0) is 13.8. The van der Waals surface area contributed by atoms with Gasteiger partial charge in [0.15, 0.2) is 9.84 Å². The Morgan fingerprint density at radius 3 is 2.56 bits per heavy atom. The Bertz CT molecular complexity index is 378. The van der Waals surface area contributed by atoms with Gasteiger partial charge in [-0.3, -0.25) is 4.79 Å². The van der Waals surface area contributed by atoms with Crippen LogP contribution in [0.5, 0.6) is 0 Å². The summed E-state index contributed by atoms with van der Waals surface area (Å²) in [6, 6.07) is -0.167. The van der Waals surface area contributed by atoms with Gasteiger partial charge in [-0.15, -0.1) is 0 Å². The van der Waals surface area contributed by atoms with E-state index in [0.29, 0.717) is 19.3 Å². The quantitative estimate of drug-likeness (QED) is 0.765. The zero-order valence-corrected chi connectivity index (χ0v) is 11.9. The maximum Gasteiger partial charge on any atom is 0.238 e. The third-order valence-corrected chi connectivity index (χ3v) is 5.62. The molecule has 0 bridgehead atoms. The van der Waals surface area contributed by atoms with Crippen LogP contribution in [0.4, 0.5) is 0 Å². The van der Waals surface area contributed by atoms with Crippen LogP contribution in [-0.4, -0.2) is 43.1 Å². The first kappa shape index (κ1) is 15.4. The summed E-state index contributed by atoms with van der Waals surface area (Å²) < 4.78 is 23.6. The lowest BCUT2D eigenvalue weighted by Crippen LogP contribution is -2.48. The van der Waals surface area contributed by atoms with Crippen molar-refractivity contribution in [1.29, 1.82) is 0 Å². The summed E-state index contributed by atoms with van der Waals surface area (Å²) >= 11 is 0. The van der Waals surface area contributed by atoms with Gasteiger partial charge in [0, 0.05) is 12.6 Å². The van der Waals surface area contributed by atoms with E-state index in [4.69, 9.17) is 5.11 Å². The topological polar surface area (TPSA) is 83.5 Å². The van der Waals surface area contributed by atoms with Crippen molar-refractivity contribution in [3.8, 4) is 0 Å². The van der Waals surface area contributed by atoms with Crippen molar-refractivity contribution in [2.45, 2.75) is 50.8 Å². The highest BCUT2D eigenvalue weighted by Gasteiger charge is 2.35. The standard InChI is InChI=1S/C12H23NO4S/c1-9(2)10(6-7-14)13-12(15)11-5-3-4-8-18(11,16)17/h9-11,14H,3-8H2,1-2H3,(H,13,15). The second kappa shape index (κ2) is 6.52. The molecule has 0 radical (unpaired) electrons. The van der Waals surface area contributed by atoms with Gasteiger partial charge in [-0.2, -0.15) is 0 Å². The van der Waals surface area contributed by atoms with Crippen LogP contribution in [0.3, 0.4) is 0 Å². The molecule has 6 heteroatoms. The maximum absolute atomic E-state index is 12.0. The number of nitrogens with one attached hydrogen (secondary N) is 1. The monoisotopic (exact) mass is 277 g/mol. The molecule has 106 valence electrons. The van der Waals surface area contributed by atoms with E-state index < -0.39 is 21.0 Å². The molecule has 1 saturated heterocycles. The largest absolute Gasteiger partial charge is 0.396 e. The fraction of sp³-hybridized carbons (Fsp3) is 0.917. The van der Waals surface area contributed by atoms with Gasteiger partial charge in [-0.05, 0) is 25.2 Å². The number of rotatable bonds is 5. The van der Waals surface area contributed by atoms with Gasteiger partial charge >= 0.3 is 0 Å². The Balaban J connectivity index is 2.68. The van der Waals surface area contributed by atoms with Crippen LogP contribution in [0.15, 0.2) is 0 Å². The summed E-state index contributed by atoms with van der Waals surface area (Å²) in [4.78, 5) is 12.0. The Morgan fingerprint density at radius 2 is 2.06 bits per heavy atom. The summed E-state index contributed by atoms with van der Waals surface area (Å²) in [5.41, 5.74) is 0. The Kier molecular flexibility index (Phi) is 5.59. The average molecular weight is 277 g/mol. The van der Waals surface area contributed by atoms with E-state index in [2.05, 4.69) is 5.32 Å². The van der Waals surface area contributed by atoms with Gasteiger partial charge in [0.2, 0.25) is 5.91 Å². The van der Waals surface area contributed by atoms with Crippen LogP contribution in [0.25, 0.3) is 0 Å². The second-order valence-corrected chi connectivity index (χ2v) is 7.53. The minimum absolute atomic E-state index is 0.0133. The lowest BCUT2D eigenvalue weighted by Gasteiger charge is -2.26. The fourth-order valence-corrected chi connectivity index (χ4v) is 4.05. The molecule has 0 aromatic carbocycles. The van der Waals surface area contributed by atoms with Crippen LogP contribution in [0, 0.1) is 5.92 Å². The van der Waals surface area contributed by atoms with Crippen molar-refractivity contribution in [2.24, 2.45) is 5.92 Å². The van der Waals surface area contributed by atoms with Crippen LogP contribution in [0.1, 0.15) is 39.5 Å². The van der Waals surface area contributed by atoms with Gasteiger partial charge in [-0.25, -0.2) is 8.42 Å². The van der Waals surface area contributed by atoms with Crippen molar-refractivity contribution in [3.63, 3.8) is 0 Å². The predicted octanol–water partition coefficient (Wildman–Crippen LogP) is 0.477. The maximum atomic E-state index is 12.0. The van der Waals surface area contributed by atoms with Crippen molar-refractivity contribution in [1.82, 2.24) is 5.32 Å². The fourth-order valence-electron chi connectivity index (χ4n) is 2.24. The Hall–Kier alpha value is -0.620. The van der Waals surface area contributed by atoms with Gasteiger partial charge in [0.05, 0.1) is 5.75 Å². The molecule has 0 spiro atoms. The number of amides is 1. The molecule has 2 N–H and O–H groups in total. The molecule has 1 fully saturated rings. The van der Waals surface area contributed by atoms with E-state index in [1.807, 2.05) is 13.8 Å². The first-order valence-electron chi connectivity index (χ1n) is 6.51. The molecule has 0 aliphatic carbocycles. The molecule has 1 rings (SSSR count). The van der Waals surface area contributed by atoms with Crippen molar-refractivity contribution in [2.75, 3.05) is 12.4 Å². The molecular formula is C12H23NO4S. The van der Waals surface area contributed by atoms with E-state index in [-0.39, 0.29) is 24.3 Å². The molecule has 2 atom stereocenters. The smallest absolute Gasteiger partial charge is 0.238 e. The first-order chi connectivity index (χ1) is 8.38. The molecule has 0 aromatic rings. The van der Waals surface area contributed by atoms with E-state index in [9.17, 15) is 13.2 Å². The number of carbonyl (C=O) groups excluding carboxylic acids is 1. The third kappa shape index (κ3) is 3.95. The Morgan fingerprint density at radius 1 is 1.39 bits per heavy atom. The number of aliphatic hydroxyl groups is 1. The van der Waals surface area contributed by atoms with E-state index >= 15 is 0 Å². The highest BCUT2D eigenvalue weighted by Crippen LogP contribution is 2.20. The van der Waals surface area contributed by atoms with Gasteiger partial charge in [0.1, 0.15) is 5.25 Å². The van der Waals surface area contributed by atoms with E-state index in [1.165, 1.54) is 0 Å². The highest BCUT2D eigenvalue weighted by molar-refractivity contribution is 7.92. The minimum atomic E-state index is -3.28. The van der Waals surface area contributed by atoms with Gasteiger partial charge < -0.3 is 10.4 Å². The van der Waals surface area contributed by atoms with Crippen molar-refractivity contribution in [3.05, 3.63) is 0 Å². The second-order valence-electron chi connectivity index (χ2n) is 5.22. The number of carbonyl (C=O) groups is 1. The molecule has 0 saturated carbocycles. The van der Waals surface area contributed by atoms with Crippen molar-refractivity contribution < 1.29 is 18.3 Å². The summed E-state index contributed by atoms with van der Waals surface area (Å²) in [6.45, 7) is 3.87. The molecule has 2 unspecified atom stereocenters. The van der Waals surface area contributed by atoms with E-state index in [0.717, 1.165) is 6.42 Å². The van der Waals surface area contributed by atoms with E-state index in [1.54, 1.807) is 0 Å². The summed E-state index contributed by atoms with van der Waals surface area (Å²) in [6.07, 6.45) is 2.30. The molecule has 18 heavy (non-hydrogen) atoms. The molecule has 0 aromatic heterocycles. The number of hydrogen-bond acceptors (Lipinski definition) is 4. The van der Waals surface area contributed by atoms with Gasteiger partial charge in [0.25, 0.3) is 0 Å². The zero-order valence-electron chi connectivity index (χ0n) is 11.1. The molecular weight excluding hydrogens is 254 g/mol. The third-order valence-electron chi connectivity index (χ3n) is 3.44. The van der Waals surface area contributed by atoms with Gasteiger partial charge in [-0.1, -0.05) is 20.3 Å². The molecule has 1 aliphatic rings. The van der Waals surface area contributed by atoms with Crippen molar-refractivity contribution >= 4 is 15.7 Å².